The lowest BCUT2D eigenvalue weighted by atomic mass is 9.84. The first kappa shape index (κ1) is 15.8. The van der Waals surface area contributed by atoms with Gasteiger partial charge in [-0.3, -0.25) is 4.79 Å². The minimum atomic E-state index is -1.00. The molecule has 0 spiro atoms. The van der Waals surface area contributed by atoms with Crippen molar-refractivity contribution in [1.29, 1.82) is 0 Å². The first-order valence-electron chi connectivity index (χ1n) is 7.55. The lowest BCUT2D eigenvalue weighted by molar-refractivity contribution is -0.0212. The molecule has 0 atom stereocenters. The molecule has 1 heterocycles. The van der Waals surface area contributed by atoms with E-state index in [1.807, 2.05) is 0 Å². The van der Waals surface area contributed by atoms with Gasteiger partial charge >= 0.3 is 0 Å². The number of amides is 1. The molecule has 0 aliphatic carbocycles. The lowest BCUT2D eigenvalue weighted by Gasteiger charge is -2.38. The zero-order valence-electron chi connectivity index (χ0n) is 12.6. The third-order valence-corrected chi connectivity index (χ3v) is 4.60. The molecule has 120 valence electrons. The number of phenolic OH excluding ortho intramolecular Hbond substituents is 1. The van der Waals surface area contributed by atoms with Crippen molar-refractivity contribution >= 4 is 17.5 Å². The molecule has 3 rings (SSSR count). The summed E-state index contributed by atoms with van der Waals surface area (Å²) in [6.45, 7) is 0.932. The first-order chi connectivity index (χ1) is 11.0. The van der Waals surface area contributed by atoms with Gasteiger partial charge in [0.1, 0.15) is 5.75 Å². The molecule has 0 saturated carbocycles. The number of phenols is 1. The van der Waals surface area contributed by atoms with Crippen LogP contribution in [0.5, 0.6) is 5.75 Å². The Morgan fingerprint density at radius 2 is 1.74 bits per heavy atom. The molecule has 2 N–H and O–H groups in total. The van der Waals surface area contributed by atoms with Gasteiger partial charge in [-0.2, -0.15) is 0 Å². The Morgan fingerprint density at radius 1 is 1.09 bits per heavy atom. The van der Waals surface area contributed by atoms with Crippen LogP contribution in [-0.2, 0) is 5.60 Å². The molecular formula is C18H18ClNO3. The van der Waals surface area contributed by atoms with Crippen LogP contribution in [0.4, 0.5) is 0 Å². The van der Waals surface area contributed by atoms with Gasteiger partial charge in [0.15, 0.2) is 0 Å². The van der Waals surface area contributed by atoms with Crippen LogP contribution in [0.1, 0.15) is 28.8 Å². The zero-order valence-corrected chi connectivity index (χ0v) is 13.3. The van der Waals surface area contributed by atoms with Crippen LogP contribution in [0.25, 0.3) is 0 Å². The second kappa shape index (κ2) is 6.22. The van der Waals surface area contributed by atoms with E-state index in [2.05, 4.69) is 0 Å². The Hall–Kier alpha value is -2.04. The molecule has 0 aromatic heterocycles. The van der Waals surface area contributed by atoms with Crippen LogP contribution in [0.3, 0.4) is 0 Å². The fourth-order valence-electron chi connectivity index (χ4n) is 2.94. The van der Waals surface area contributed by atoms with Gasteiger partial charge in [0.05, 0.1) is 5.60 Å². The van der Waals surface area contributed by atoms with Crippen LogP contribution in [0.2, 0.25) is 5.02 Å². The summed E-state index contributed by atoms with van der Waals surface area (Å²) in [5.74, 6) is 0.0789. The van der Waals surface area contributed by atoms with Gasteiger partial charge in [0.2, 0.25) is 0 Å². The first-order valence-corrected chi connectivity index (χ1v) is 7.92. The standard InChI is InChI=1S/C18H18ClNO3/c19-15-6-4-13(5-7-15)17(22)20-10-8-18(23,9-11-20)14-2-1-3-16(21)12-14/h1-7,12,21,23H,8-11H2. The summed E-state index contributed by atoms with van der Waals surface area (Å²) in [5.41, 5.74) is 0.281. The van der Waals surface area contributed by atoms with E-state index in [0.717, 1.165) is 0 Å². The van der Waals surface area contributed by atoms with Gasteiger partial charge in [0.25, 0.3) is 5.91 Å². The van der Waals surface area contributed by atoms with E-state index in [9.17, 15) is 15.0 Å². The molecule has 23 heavy (non-hydrogen) atoms. The average Bonchev–Trinajstić information content (AvgIpc) is 2.56. The van der Waals surface area contributed by atoms with Crippen molar-refractivity contribution in [3.05, 3.63) is 64.7 Å². The van der Waals surface area contributed by atoms with Crippen molar-refractivity contribution in [3.63, 3.8) is 0 Å². The highest BCUT2D eigenvalue weighted by molar-refractivity contribution is 6.30. The zero-order chi connectivity index (χ0) is 16.4. The minimum Gasteiger partial charge on any atom is -0.508 e. The van der Waals surface area contributed by atoms with E-state index in [1.54, 1.807) is 53.4 Å². The Balaban J connectivity index is 1.70. The Morgan fingerprint density at radius 3 is 2.35 bits per heavy atom. The number of carbonyl (C=O) groups is 1. The number of aliphatic hydroxyl groups is 1. The summed E-state index contributed by atoms with van der Waals surface area (Å²) in [4.78, 5) is 14.2. The van der Waals surface area contributed by atoms with Crippen molar-refractivity contribution in [2.45, 2.75) is 18.4 Å². The monoisotopic (exact) mass is 331 g/mol. The molecule has 5 heteroatoms. The number of halogens is 1. The summed E-state index contributed by atoms with van der Waals surface area (Å²) < 4.78 is 0. The number of carbonyl (C=O) groups excluding carboxylic acids is 1. The number of benzene rings is 2. The second-order valence-electron chi connectivity index (χ2n) is 5.88. The van der Waals surface area contributed by atoms with E-state index in [-0.39, 0.29) is 11.7 Å². The molecule has 0 bridgehead atoms. The highest BCUT2D eigenvalue weighted by Gasteiger charge is 2.35. The molecule has 1 fully saturated rings. The molecule has 1 amide bonds. The molecule has 2 aromatic carbocycles. The van der Waals surface area contributed by atoms with Gasteiger partial charge in [-0.15, -0.1) is 0 Å². The van der Waals surface area contributed by atoms with Gasteiger partial charge < -0.3 is 15.1 Å². The fraction of sp³-hybridized carbons (Fsp3) is 0.278. The van der Waals surface area contributed by atoms with Crippen LogP contribution in [0, 0.1) is 0 Å². The van der Waals surface area contributed by atoms with Gasteiger partial charge in [-0.05, 0) is 54.8 Å². The van der Waals surface area contributed by atoms with Crippen molar-refractivity contribution in [1.82, 2.24) is 4.90 Å². The molecular weight excluding hydrogens is 314 g/mol. The number of piperidine rings is 1. The molecule has 2 aromatic rings. The Bertz CT molecular complexity index is 706. The Kier molecular flexibility index (Phi) is 4.28. The van der Waals surface area contributed by atoms with Crippen molar-refractivity contribution < 1.29 is 15.0 Å². The average molecular weight is 332 g/mol. The largest absolute Gasteiger partial charge is 0.508 e. The molecule has 1 saturated heterocycles. The SMILES string of the molecule is O=C(c1ccc(Cl)cc1)N1CCC(O)(c2cccc(O)c2)CC1. The summed E-state index contributed by atoms with van der Waals surface area (Å²) in [7, 11) is 0. The number of hydrogen-bond donors (Lipinski definition) is 2. The number of rotatable bonds is 2. The fourth-order valence-corrected chi connectivity index (χ4v) is 3.06. The minimum absolute atomic E-state index is 0.0559. The smallest absolute Gasteiger partial charge is 0.253 e. The van der Waals surface area contributed by atoms with Crippen LogP contribution in [0.15, 0.2) is 48.5 Å². The van der Waals surface area contributed by atoms with Crippen LogP contribution >= 0.6 is 11.6 Å². The Labute approximate surface area is 139 Å². The lowest BCUT2D eigenvalue weighted by Crippen LogP contribution is -2.45. The number of hydrogen-bond acceptors (Lipinski definition) is 3. The van der Waals surface area contributed by atoms with Crippen LogP contribution < -0.4 is 0 Å². The van der Waals surface area contributed by atoms with Gasteiger partial charge in [-0.1, -0.05) is 23.7 Å². The van der Waals surface area contributed by atoms with Gasteiger partial charge in [0, 0.05) is 23.7 Å². The molecule has 0 unspecified atom stereocenters. The molecule has 4 nitrogen and oxygen atoms in total. The van der Waals surface area contributed by atoms with Crippen molar-refractivity contribution in [2.24, 2.45) is 0 Å². The van der Waals surface area contributed by atoms with E-state index >= 15 is 0 Å². The van der Waals surface area contributed by atoms with E-state index in [4.69, 9.17) is 11.6 Å². The maximum atomic E-state index is 12.5. The van der Waals surface area contributed by atoms with Crippen molar-refractivity contribution in [2.75, 3.05) is 13.1 Å². The van der Waals surface area contributed by atoms with E-state index in [1.165, 1.54) is 0 Å². The van der Waals surface area contributed by atoms with E-state index < -0.39 is 5.60 Å². The normalized spacial score (nSPS) is 17.0. The summed E-state index contributed by atoms with van der Waals surface area (Å²) in [6, 6.07) is 13.5. The maximum absolute atomic E-state index is 12.5. The summed E-state index contributed by atoms with van der Waals surface area (Å²) in [5, 5.41) is 21.0. The topological polar surface area (TPSA) is 60.8 Å². The molecule has 1 aliphatic heterocycles. The van der Waals surface area contributed by atoms with Gasteiger partial charge in [-0.25, -0.2) is 0 Å². The third-order valence-electron chi connectivity index (χ3n) is 4.35. The quantitative estimate of drug-likeness (QED) is 0.888. The molecule has 0 radical (unpaired) electrons. The summed E-state index contributed by atoms with van der Waals surface area (Å²) in [6.07, 6.45) is 0.881. The maximum Gasteiger partial charge on any atom is 0.253 e. The van der Waals surface area contributed by atoms with Crippen LogP contribution in [-0.4, -0.2) is 34.1 Å². The predicted molar refractivity (Wildman–Crippen MR) is 88.6 cm³/mol. The van der Waals surface area contributed by atoms with Crippen molar-refractivity contribution in [3.8, 4) is 5.75 Å². The van der Waals surface area contributed by atoms with E-state index in [0.29, 0.717) is 42.1 Å². The number of likely N-dealkylation sites (tertiary alicyclic amines) is 1. The highest BCUT2D eigenvalue weighted by Crippen LogP contribution is 2.34. The highest BCUT2D eigenvalue weighted by atomic mass is 35.5. The molecule has 1 aliphatic rings. The number of aromatic hydroxyl groups is 1. The second-order valence-corrected chi connectivity index (χ2v) is 6.32. The third kappa shape index (κ3) is 3.33. The summed E-state index contributed by atoms with van der Waals surface area (Å²) >= 11 is 5.84. The number of nitrogens with zero attached hydrogens (tertiary/aromatic N) is 1. The predicted octanol–water partition coefficient (Wildman–Crippen LogP) is 3.17.